The Labute approximate surface area is 102 Å². The molecular weight excluding hydrogens is 223 g/mol. The normalized spacial score (nSPS) is 25.8. The molecule has 0 aliphatic heterocycles. The zero-order chi connectivity index (χ0) is 11.7. The van der Waals surface area contributed by atoms with Gasteiger partial charge in [0.2, 0.25) is 0 Å². The van der Waals surface area contributed by atoms with Crippen molar-refractivity contribution in [3.63, 3.8) is 0 Å². The standard InChI is InChI=1S/C14H18ClF/c1-9-3-6-11(7-4-9)12-8-5-10(2)14(16)13(12)15/h5,8-9,11H,3-4,6-7H2,1-2H3. The number of rotatable bonds is 1. The van der Waals surface area contributed by atoms with Crippen LogP contribution in [-0.2, 0) is 0 Å². The van der Waals surface area contributed by atoms with E-state index in [-0.39, 0.29) is 5.82 Å². The molecule has 16 heavy (non-hydrogen) atoms. The fourth-order valence-electron chi connectivity index (χ4n) is 2.55. The van der Waals surface area contributed by atoms with Crippen LogP contribution < -0.4 is 0 Å². The van der Waals surface area contributed by atoms with Crippen LogP contribution in [0.5, 0.6) is 0 Å². The van der Waals surface area contributed by atoms with Gasteiger partial charge in [0.1, 0.15) is 5.82 Å². The van der Waals surface area contributed by atoms with E-state index in [0.29, 0.717) is 16.5 Å². The highest BCUT2D eigenvalue weighted by Gasteiger charge is 2.23. The summed E-state index contributed by atoms with van der Waals surface area (Å²) < 4.78 is 13.7. The molecule has 0 heterocycles. The van der Waals surface area contributed by atoms with Crippen molar-refractivity contribution in [2.45, 2.75) is 45.4 Å². The highest BCUT2D eigenvalue weighted by molar-refractivity contribution is 6.31. The Bertz CT molecular complexity index is 379. The third kappa shape index (κ3) is 2.24. The smallest absolute Gasteiger partial charge is 0.144 e. The lowest BCUT2D eigenvalue weighted by molar-refractivity contribution is 0.347. The highest BCUT2D eigenvalue weighted by Crippen LogP contribution is 2.39. The van der Waals surface area contributed by atoms with E-state index in [1.165, 1.54) is 12.8 Å². The van der Waals surface area contributed by atoms with Gasteiger partial charge in [-0.25, -0.2) is 4.39 Å². The van der Waals surface area contributed by atoms with Crippen LogP contribution in [0, 0.1) is 18.7 Å². The molecule has 1 fully saturated rings. The maximum absolute atomic E-state index is 13.7. The molecule has 88 valence electrons. The van der Waals surface area contributed by atoms with Gasteiger partial charge in [-0.3, -0.25) is 0 Å². The second-order valence-corrected chi connectivity index (χ2v) is 5.43. The largest absolute Gasteiger partial charge is 0.205 e. The van der Waals surface area contributed by atoms with Gasteiger partial charge in [-0.15, -0.1) is 0 Å². The van der Waals surface area contributed by atoms with E-state index in [9.17, 15) is 4.39 Å². The molecule has 0 atom stereocenters. The van der Waals surface area contributed by atoms with E-state index in [2.05, 4.69) is 6.92 Å². The second kappa shape index (κ2) is 4.75. The van der Waals surface area contributed by atoms with Crippen molar-refractivity contribution < 1.29 is 4.39 Å². The van der Waals surface area contributed by atoms with Gasteiger partial charge in [-0.05, 0) is 42.7 Å². The predicted octanol–water partition coefficient (Wildman–Crippen LogP) is 5.08. The molecule has 0 amide bonds. The molecule has 2 rings (SSSR count). The van der Waals surface area contributed by atoms with Crippen molar-refractivity contribution in [3.8, 4) is 0 Å². The average molecular weight is 241 g/mol. The zero-order valence-corrected chi connectivity index (χ0v) is 10.6. The van der Waals surface area contributed by atoms with E-state index >= 15 is 0 Å². The molecule has 2 heteroatoms. The van der Waals surface area contributed by atoms with Crippen molar-refractivity contribution in [2.75, 3.05) is 0 Å². The summed E-state index contributed by atoms with van der Waals surface area (Å²) >= 11 is 6.09. The van der Waals surface area contributed by atoms with Crippen LogP contribution in [0.2, 0.25) is 5.02 Å². The highest BCUT2D eigenvalue weighted by atomic mass is 35.5. The summed E-state index contributed by atoms with van der Waals surface area (Å²) in [6, 6.07) is 3.84. The van der Waals surface area contributed by atoms with Crippen LogP contribution in [0.4, 0.5) is 4.39 Å². The monoisotopic (exact) mass is 240 g/mol. The Morgan fingerprint density at radius 1 is 1.19 bits per heavy atom. The summed E-state index contributed by atoms with van der Waals surface area (Å²) in [5.74, 6) is 1.03. The van der Waals surface area contributed by atoms with Crippen molar-refractivity contribution in [2.24, 2.45) is 5.92 Å². The fourth-order valence-corrected chi connectivity index (χ4v) is 2.91. The van der Waals surface area contributed by atoms with Crippen molar-refractivity contribution >= 4 is 11.6 Å². The molecule has 1 aromatic carbocycles. The molecule has 1 aliphatic rings. The van der Waals surface area contributed by atoms with Crippen LogP contribution in [0.15, 0.2) is 12.1 Å². The van der Waals surface area contributed by atoms with Gasteiger partial charge in [0.25, 0.3) is 0 Å². The lowest BCUT2D eigenvalue weighted by atomic mass is 9.79. The molecule has 0 saturated heterocycles. The third-order valence-electron chi connectivity index (χ3n) is 3.76. The minimum Gasteiger partial charge on any atom is -0.205 e. The number of halogens is 2. The van der Waals surface area contributed by atoms with Gasteiger partial charge in [-0.1, -0.05) is 43.5 Å². The second-order valence-electron chi connectivity index (χ2n) is 5.06. The topological polar surface area (TPSA) is 0 Å². The van der Waals surface area contributed by atoms with Crippen LogP contribution in [0.3, 0.4) is 0 Å². The quantitative estimate of drug-likeness (QED) is 0.642. The Morgan fingerprint density at radius 2 is 1.81 bits per heavy atom. The van der Waals surface area contributed by atoms with Gasteiger partial charge >= 0.3 is 0 Å². The number of benzene rings is 1. The molecular formula is C14H18ClF. The van der Waals surface area contributed by atoms with Crippen LogP contribution in [-0.4, -0.2) is 0 Å². The van der Waals surface area contributed by atoms with Crippen molar-refractivity contribution in [1.82, 2.24) is 0 Å². The summed E-state index contributed by atoms with van der Waals surface area (Å²) in [5.41, 5.74) is 1.65. The fraction of sp³-hybridized carbons (Fsp3) is 0.571. The molecule has 0 unspecified atom stereocenters. The van der Waals surface area contributed by atoms with Gasteiger partial charge < -0.3 is 0 Å². The maximum Gasteiger partial charge on any atom is 0.144 e. The SMILES string of the molecule is Cc1ccc(C2CCC(C)CC2)c(Cl)c1F. The van der Waals surface area contributed by atoms with Crippen molar-refractivity contribution in [3.05, 3.63) is 34.1 Å². The molecule has 0 nitrogen and oxygen atoms in total. The lowest BCUT2D eigenvalue weighted by Crippen LogP contribution is -2.11. The molecule has 1 saturated carbocycles. The first-order valence-electron chi connectivity index (χ1n) is 6.04. The predicted molar refractivity (Wildman–Crippen MR) is 66.5 cm³/mol. The number of hydrogen-bond donors (Lipinski definition) is 0. The summed E-state index contributed by atoms with van der Waals surface area (Å²) in [5, 5.41) is 0.347. The Morgan fingerprint density at radius 3 is 2.44 bits per heavy atom. The minimum atomic E-state index is -0.238. The number of aryl methyl sites for hydroxylation is 1. The van der Waals surface area contributed by atoms with Crippen molar-refractivity contribution in [1.29, 1.82) is 0 Å². The van der Waals surface area contributed by atoms with Gasteiger partial charge in [0.15, 0.2) is 0 Å². The van der Waals surface area contributed by atoms with E-state index in [0.717, 1.165) is 24.3 Å². The summed E-state index contributed by atoms with van der Waals surface area (Å²) in [7, 11) is 0. The first-order valence-corrected chi connectivity index (χ1v) is 6.42. The Balaban J connectivity index is 2.24. The van der Waals surface area contributed by atoms with E-state index in [1.54, 1.807) is 6.92 Å². The maximum atomic E-state index is 13.7. The van der Waals surface area contributed by atoms with Crippen LogP contribution >= 0.6 is 11.6 Å². The molecule has 0 spiro atoms. The summed E-state index contributed by atoms with van der Waals surface area (Å²) in [6.07, 6.45) is 4.75. The minimum absolute atomic E-state index is 0.238. The van der Waals surface area contributed by atoms with Gasteiger partial charge in [-0.2, -0.15) is 0 Å². The Kier molecular flexibility index (Phi) is 3.53. The zero-order valence-electron chi connectivity index (χ0n) is 9.89. The van der Waals surface area contributed by atoms with Crippen LogP contribution in [0.25, 0.3) is 0 Å². The first-order chi connectivity index (χ1) is 7.59. The molecule has 0 radical (unpaired) electrons. The molecule has 0 aromatic heterocycles. The number of hydrogen-bond acceptors (Lipinski definition) is 0. The average Bonchev–Trinajstić information content (AvgIpc) is 2.28. The summed E-state index contributed by atoms with van der Waals surface area (Å²) in [6.45, 7) is 4.04. The lowest BCUT2D eigenvalue weighted by Gasteiger charge is -2.27. The van der Waals surface area contributed by atoms with E-state index in [1.807, 2.05) is 12.1 Å². The Hall–Kier alpha value is -0.560. The van der Waals surface area contributed by atoms with Gasteiger partial charge in [0.05, 0.1) is 5.02 Å². The molecule has 0 N–H and O–H groups in total. The van der Waals surface area contributed by atoms with E-state index in [4.69, 9.17) is 11.6 Å². The third-order valence-corrected chi connectivity index (χ3v) is 4.15. The molecule has 1 aromatic rings. The molecule has 0 bridgehead atoms. The van der Waals surface area contributed by atoms with Crippen LogP contribution in [0.1, 0.15) is 49.7 Å². The van der Waals surface area contributed by atoms with E-state index < -0.39 is 0 Å². The summed E-state index contributed by atoms with van der Waals surface area (Å²) in [4.78, 5) is 0. The molecule has 1 aliphatic carbocycles. The van der Waals surface area contributed by atoms with Gasteiger partial charge in [0, 0.05) is 0 Å². The first kappa shape index (κ1) is 11.9.